The van der Waals surface area contributed by atoms with Crippen LogP contribution in [0.1, 0.15) is 50.6 Å². The number of anilines is 1. The number of amides is 3. The highest BCUT2D eigenvalue weighted by atomic mass is 35.5. The second-order valence-electron chi connectivity index (χ2n) is 8.46. The van der Waals surface area contributed by atoms with E-state index in [1.54, 1.807) is 24.3 Å². The molecule has 3 amide bonds. The van der Waals surface area contributed by atoms with Gasteiger partial charge in [-0.25, -0.2) is 9.37 Å². The molecular formula is C25H26ClFN6O3. The molecule has 0 aliphatic carbocycles. The van der Waals surface area contributed by atoms with E-state index in [0.717, 1.165) is 44.6 Å². The fraction of sp³-hybridized carbons (Fsp3) is 0.280. The van der Waals surface area contributed by atoms with Crippen LogP contribution < -0.4 is 16.4 Å². The van der Waals surface area contributed by atoms with E-state index in [1.165, 1.54) is 23.4 Å². The third-order valence-electron chi connectivity index (χ3n) is 5.96. The number of carbonyl (C=O) groups is 3. The summed E-state index contributed by atoms with van der Waals surface area (Å²) in [5.41, 5.74) is 6.58. The summed E-state index contributed by atoms with van der Waals surface area (Å²) >= 11 is 5.95. The topological polar surface area (TPSA) is 122 Å². The van der Waals surface area contributed by atoms with Crippen molar-refractivity contribution in [1.29, 1.82) is 0 Å². The summed E-state index contributed by atoms with van der Waals surface area (Å²) in [5.74, 6) is -2.31. The molecule has 188 valence electrons. The fourth-order valence-electron chi connectivity index (χ4n) is 4.12. The third-order valence-corrected chi connectivity index (χ3v) is 6.27. The molecule has 4 N–H and O–H groups in total. The minimum atomic E-state index is -0.794. The average Bonchev–Trinajstić information content (AvgIpc) is 3.31. The summed E-state index contributed by atoms with van der Waals surface area (Å²) in [6.07, 6.45) is 4.91. The molecule has 0 saturated carbocycles. The van der Waals surface area contributed by atoms with E-state index in [9.17, 15) is 18.8 Å². The maximum Gasteiger partial charge on any atom is 0.272 e. The number of hydrogen-bond donors (Lipinski definition) is 3. The van der Waals surface area contributed by atoms with Gasteiger partial charge in [0.1, 0.15) is 17.8 Å². The molecule has 9 nitrogen and oxygen atoms in total. The monoisotopic (exact) mass is 512 g/mol. The molecule has 11 heteroatoms. The standard InChI is InChI=1S/C25H26ClFN6O3/c26-20-14-16(27)4-9-19(20)24(35)31-17-5-7-18(8-6-17)33-15-30-21(22(33)23(28)34)25(36)29-10-13-32-11-2-1-3-12-32/h4-9,14-15H,1-3,10-13H2,(H2,28,34)(H,29,36)(H,31,35). The molecule has 2 aromatic carbocycles. The summed E-state index contributed by atoms with van der Waals surface area (Å²) in [7, 11) is 0. The Hall–Kier alpha value is -3.76. The lowest BCUT2D eigenvalue weighted by atomic mass is 10.1. The highest BCUT2D eigenvalue weighted by Gasteiger charge is 2.23. The number of nitrogens with two attached hydrogens (primary N) is 1. The maximum absolute atomic E-state index is 13.2. The van der Waals surface area contributed by atoms with Gasteiger partial charge in [-0.3, -0.25) is 19.0 Å². The van der Waals surface area contributed by atoms with Crippen LogP contribution in [-0.2, 0) is 0 Å². The molecule has 1 aliphatic heterocycles. The number of primary amides is 1. The Morgan fingerprint density at radius 2 is 1.75 bits per heavy atom. The number of nitrogens with zero attached hydrogens (tertiary/aromatic N) is 3. The van der Waals surface area contributed by atoms with Crippen LogP contribution in [-0.4, -0.2) is 58.4 Å². The van der Waals surface area contributed by atoms with Crippen molar-refractivity contribution in [3.8, 4) is 5.69 Å². The largest absolute Gasteiger partial charge is 0.364 e. The molecule has 4 rings (SSSR count). The zero-order valence-corrected chi connectivity index (χ0v) is 20.2. The van der Waals surface area contributed by atoms with Crippen LogP contribution in [0.2, 0.25) is 5.02 Å². The summed E-state index contributed by atoms with van der Waals surface area (Å²) in [4.78, 5) is 43.8. The minimum absolute atomic E-state index is 0.00429. The smallest absolute Gasteiger partial charge is 0.272 e. The number of rotatable bonds is 8. The van der Waals surface area contributed by atoms with Crippen LogP contribution >= 0.6 is 11.6 Å². The van der Waals surface area contributed by atoms with Crippen LogP contribution in [0.15, 0.2) is 48.8 Å². The molecule has 1 fully saturated rings. The van der Waals surface area contributed by atoms with E-state index >= 15 is 0 Å². The van der Waals surface area contributed by atoms with Crippen LogP contribution in [0.25, 0.3) is 5.69 Å². The Balaban J connectivity index is 1.44. The Bertz CT molecular complexity index is 1270. The number of piperidine rings is 1. The Kier molecular flexibility index (Phi) is 7.97. The zero-order chi connectivity index (χ0) is 25.7. The van der Waals surface area contributed by atoms with E-state index in [0.29, 0.717) is 17.9 Å². The highest BCUT2D eigenvalue weighted by Crippen LogP contribution is 2.21. The second kappa shape index (κ2) is 11.3. The molecule has 1 aliphatic rings. The van der Waals surface area contributed by atoms with Crippen molar-refractivity contribution in [2.24, 2.45) is 5.73 Å². The summed E-state index contributed by atoms with van der Waals surface area (Å²) < 4.78 is 14.7. The highest BCUT2D eigenvalue weighted by molar-refractivity contribution is 6.34. The first kappa shape index (κ1) is 25.3. The SMILES string of the molecule is NC(=O)c1c(C(=O)NCCN2CCCCC2)ncn1-c1ccc(NC(=O)c2ccc(F)cc2Cl)cc1. The van der Waals surface area contributed by atoms with Gasteiger partial charge in [0.05, 0.1) is 10.6 Å². The van der Waals surface area contributed by atoms with Crippen molar-refractivity contribution in [3.63, 3.8) is 0 Å². The summed E-state index contributed by atoms with van der Waals surface area (Å²) in [6.45, 7) is 3.21. The number of likely N-dealkylation sites (tertiary alicyclic amines) is 1. The van der Waals surface area contributed by atoms with Crippen LogP contribution in [0, 0.1) is 5.82 Å². The van der Waals surface area contributed by atoms with E-state index in [-0.39, 0.29) is 22.0 Å². The van der Waals surface area contributed by atoms with Gasteiger partial charge in [-0.05, 0) is 68.4 Å². The number of hydrogen-bond acceptors (Lipinski definition) is 5. The van der Waals surface area contributed by atoms with E-state index in [4.69, 9.17) is 17.3 Å². The molecule has 0 atom stereocenters. The maximum atomic E-state index is 13.2. The predicted molar refractivity (Wildman–Crippen MR) is 134 cm³/mol. The molecule has 1 saturated heterocycles. The van der Waals surface area contributed by atoms with Crippen LogP contribution in [0.3, 0.4) is 0 Å². The van der Waals surface area contributed by atoms with Crippen molar-refractivity contribution in [1.82, 2.24) is 19.8 Å². The van der Waals surface area contributed by atoms with Gasteiger partial charge in [0.25, 0.3) is 17.7 Å². The normalized spacial score (nSPS) is 13.8. The first-order valence-electron chi connectivity index (χ1n) is 11.6. The first-order valence-corrected chi connectivity index (χ1v) is 12.0. The van der Waals surface area contributed by atoms with Crippen molar-refractivity contribution in [2.75, 3.05) is 31.5 Å². The number of imidazole rings is 1. The number of halogens is 2. The zero-order valence-electron chi connectivity index (χ0n) is 19.5. The molecule has 36 heavy (non-hydrogen) atoms. The van der Waals surface area contributed by atoms with Gasteiger partial charge in [-0.2, -0.15) is 0 Å². The van der Waals surface area contributed by atoms with E-state index < -0.39 is 23.5 Å². The number of benzene rings is 2. The van der Waals surface area contributed by atoms with Gasteiger partial charge in [0.15, 0.2) is 5.69 Å². The molecule has 0 unspecified atom stereocenters. The first-order chi connectivity index (χ1) is 17.3. The summed E-state index contributed by atoms with van der Waals surface area (Å²) in [5, 5.41) is 5.49. The van der Waals surface area contributed by atoms with E-state index in [2.05, 4.69) is 20.5 Å². The summed E-state index contributed by atoms with van der Waals surface area (Å²) in [6, 6.07) is 9.98. The van der Waals surface area contributed by atoms with Gasteiger partial charge in [-0.1, -0.05) is 18.0 Å². The van der Waals surface area contributed by atoms with Gasteiger partial charge >= 0.3 is 0 Å². The molecule has 3 aromatic rings. The lowest BCUT2D eigenvalue weighted by molar-refractivity contribution is 0.0924. The van der Waals surface area contributed by atoms with Crippen LogP contribution in [0.4, 0.5) is 10.1 Å². The Labute approximate surface area is 212 Å². The van der Waals surface area contributed by atoms with E-state index in [1.807, 2.05) is 0 Å². The van der Waals surface area contributed by atoms with Crippen molar-refractivity contribution < 1.29 is 18.8 Å². The predicted octanol–water partition coefficient (Wildman–Crippen LogP) is 3.23. The van der Waals surface area contributed by atoms with Gasteiger partial charge in [0, 0.05) is 24.5 Å². The molecule has 2 heterocycles. The Morgan fingerprint density at radius 3 is 2.42 bits per heavy atom. The van der Waals surface area contributed by atoms with Gasteiger partial charge in [0.2, 0.25) is 0 Å². The number of carbonyl (C=O) groups excluding carboxylic acids is 3. The van der Waals surface area contributed by atoms with Crippen molar-refractivity contribution in [3.05, 3.63) is 76.6 Å². The number of nitrogens with one attached hydrogen (secondary N) is 2. The molecule has 0 spiro atoms. The van der Waals surface area contributed by atoms with Crippen molar-refractivity contribution in [2.45, 2.75) is 19.3 Å². The Morgan fingerprint density at radius 1 is 1.03 bits per heavy atom. The number of aromatic nitrogens is 2. The fourth-order valence-corrected chi connectivity index (χ4v) is 4.37. The van der Waals surface area contributed by atoms with Crippen LogP contribution in [0.5, 0.6) is 0 Å². The lowest BCUT2D eigenvalue weighted by Crippen LogP contribution is -2.38. The second-order valence-corrected chi connectivity index (χ2v) is 8.87. The molecule has 1 aromatic heterocycles. The average molecular weight is 513 g/mol. The van der Waals surface area contributed by atoms with Gasteiger partial charge < -0.3 is 21.3 Å². The molecule has 0 radical (unpaired) electrons. The lowest BCUT2D eigenvalue weighted by Gasteiger charge is -2.26. The van der Waals surface area contributed by atoms with Crippen molar-refractivity contribution >= 4 is 35.0 Å². The molecule has 0 bridgehead atoms. The quantitative estimate of drug-likeness (QED) is 0.427. The molecular weight excluding hydrogens is 487 g/mol. The third kappa shape index (κ3) is 5.89. The minimum Gasteiger partial charge on any atom is -0.364 e. The van der Waals surface area contributed by atoms with Gasteiger partial charge in [-0.15, -0.1) is 0 Å².